The van der Waals surface area contributed by atoms with E-state index in [-0.39, 0.29) is 38.1 Å². The lowest BCUT2D eigenvalue weighted by Crippen LogP contribution is -2.35. The maximum Gasteiger partial charge on any atom is 0.264 e. The van der Waals surface area contributed by atoms with Crippen LogP contribution in [-0.4, -0.2) is 53.2 Å². The summed E-state index contributed by atoms with van der Waals surface area (Å²) >= 11 is 1.16. The maximum absolute atomic E-state index is 12.0. The first-order chi connectivity index (χ1) is 8.58. The zero-order valence-electron chi connectivity index (χ0n) is 10.0. The Hall–Kier alpha value is -1.44. The summed E-state index contributed by atoms with van der Waals surface area (Å²) in [5.41, 5.74) is 0. The molecule has 0 bridgehead atoms. The Morgan fingerprint density at radius 2 is 1.89 bits per heavy atom. The molecule has 18 heavy (non-hydrogen) atoms. The Morgan fingerprint density at radius 1 is 1.28 bits per heavy atom. The number of nitrogens with zero attached hydrogens (tertiary/aromatic N) is 1. The highest BCUT2D eigenvalue weighted by atomic mass is 32.1. The minimum Gasteiger partial charge on any atom is -0.395 e. The highest BCUT2D eigenvalue weighted by Gasteiger charge is 2.17. The molecule has 0 radical (unpaired) electrons. The molecule has 0 aliphatic carbocycles. The third kappa shape index (κ3) is 4.10. The molecule has 100 valence electrons. The number of amides is 2. The molecular formula is C11H16N2O4S. The van der Waals surface area contributed by atoms with Crippen LogP contribution in [0.3, 0.4) is 0 Å². The van der Waals surface area contributed by atoms with E-state index in [0.29, 0.717) is 9.88 Å². The van der Waals surface area contributed by atoms with Crippen molar-refractivity contribution in [2.45, 2.75) is 6.92 Å². The fourth-order valence-electron chi connectivity index (χ4n) is 1.41. The molecule has 0 fully saturated rings. The first kappa shape index (κ1) is 14.6. The van der Waals surface area contributed by atoms with Crippen molar-refractivity contribution in [1.29, 1.82) is 0 Å². The van der Waals surface area contributed by atoms with Gasteiger partial charge in [0.2, 0.25) is 5.91 Å². The maximum atomic E-state index is 12.0. The van der Waals surface area contributed by atoms with Gasteiger partial charge in [-0.3, -0.25) is 9.59 Å². The highest BCUT2D eigenvalue weighted by Crippen LogP contribution is 2.23. The van der Waals surface area contributed by atoms with Crippen LogP contribution in [-0.2, 0) is 4.79 Å². The Morgan fingerprint density at radius 3 is 2.39 bits per heavy atom. The number of nitrogens with one attached hydrogen (secondary N) is 1. The van der Waals surface area contributed by atoms with Crippen LogP contribution in [0.15, 0.2) is 12.1 Å². The number of hydrogen-bond acceptors (Lipinski definition) is 5. The second-order valence-electron chi connectivity index (χ2n) is 3.58. The molecule has 0 aliphatic rings. The van der Waals surface area contributed by atoms with Crippen molar-refractivity contribution in [1.82, 2.24) is 4.90 Å². The molecule has 0 aromatic carbocycles. The van der Waals surface area contributed by atoms with Crippen molar-refractivity contribution in [3.63, 3.8) is 0 Å². The van der Waals surface area contributed by atoms with E-state index in [4.69, 9.17) is 10.2 Å². The molecule has 1 aromatic heterocycles. The van der Waals surface area contributed by atoms with E-state index in [1.807, 2.05) is 0 Å². The molecule has 1 aromatic rings. The molecule has 1 rings (SSSR count). The molecule has 7 heteroatoms. The molecule has 0 saturated heterocycles. The zero-order chi connectivity index (χ0) is 13.5. The monoisotopic (exact) mass is 272 g/mol. The third-order valence-electron chi connectivity index (χ3n) is 2.14. The number of carbonyl (C=O) groups is 2. The summed E-state index contributed by atoms with van der Waals surface area (Å²) in [6.45, 7) is 1.43. The average molecular weight is 272 g/mol. The van der Waals surface area contributed by atoms with Crippen LogP contribution in [0.4, 0.5) is 5.00 Å². The third-order valence-corrected chi connectivity index (χ3v) is 3.13. The van der Waals surface area contributed by atoms with E-state index in [9.17, 15) is 9.59 Å². The molecule has 2 amide bonds. The van der Waals surface area contributed by atoms with Gasteiger partial charge in [0.25, 0.3) is 5.91 Å². The van der Waals surface area contributed by atoms with E-state index in [0.717, 1.165) is 11.3 Å². The normalized spacial score (nSPS) is 10.2. The van der Waals surface area contributed by atoms with Crippen LogP contribution in [0, 0.1) is 0 Å². The van der Waals surface area contributed by atoms with E-state index >= 15 is 0 Å². The van der Waals surface area contributed by atoms with Crippen molar-refractivity contribution in [2.75, 3.05) is 31.6 Å². The van der Waals surface area contributed by atoms with Gasteiger partial charge in [-0.25, -0.2) is 0 Å². The summed E-state index contributed by atoms with van der Waals surface area (Å²) < 4.78 is 0. The Balaban J connectivity index is 2.74. The van der Waals surface area contributed by atoms with E-state index < -0.39 is 0 Å². The molecule has 0 aliphatic heterocycles. The minimum atomic E-state index is -0.264. The van der Waals surface area contributed by atoms with Crippen LogP contribution in [0.5, 0.6) is 0 Å². The fraction of sp³-hybridized carbons (Fsp3) is 0.455. The summed E-state index contributed by atoms with van der Waals surface area (Å²) in [5, 5.41) is 20.9. The molecule has 0 saturated carbocycles. The molecular weight excluding hydrogens is 256 g/mol. The zero-order valence-corrected chi connectivity index (χ0v) is 10.9. The van der Waals surface area contributed by atoms with E-state index in [1.54, 1.807) is 12.1 Å². The van der Waals surface area contributed by atoms with Gasteiger partial charge in [-0.15, -0.1) is 11.3 Å². The summed E-state index contributed by atoms with van der Waals surface area (Å²) in [5.74, 6) is -0.460. The highest BCUT2D eigenvalue weighted by molar-refractivity contribution is 7.18. The van der Waals surface area contributed by atoms with Crippen LogP contribution in [0.25, 0.3) is 0 Å². The number of aliphatic hydroxyl groups excluding tert-OH is 2. The summed E-state index contributed by atoms with van der Waals surface area (Å²) in [6, 6.07) is 3.26. The largest absolute Gasteiger partial charge is 0.395 e. The van der Waals surface area contributed by atoms with Gasteiger partial charge in [0.1, 0.15) is 0 Å². The molecule has 3 N–H and O–H groups in total. The number of aliphatic hydroxyl groups is 2. The average Bonchev–Trinajstić information content (AvgIpc) is 2.75. The Bertz CT molecular complexity index is 413. The van der Waals surface area contributed by atoms with Gasteiger partial charge < -0.3 is 20.4 Å². The first-order valence-corrected chi connectivity index (χ1v) is 6.28. The van der Waals surface area contributed by atoms with Gasteiger partial charge >= 0.3 is 0 Å². The molecule has 0 atom stereocenters. The van der Waals surface area contributed by atoms with E-state index in [1.165, 1.54) is 11.8 Å². The Kier molecular flexibility index (Phi) is 5.76. The van der Waals surface area contributed by atoms with Crippen molar-refractivity contribution in [3.8, 4) is 0 Å². The van der Waals surface area contributed by atoms with Crippen LogP contribution >= 0.6 is 11.3 Å². The molecule has 0 spiro atoms. The number of rotatable bonds is 6. The number of carbonyl (C=O) groups excluding carboxylic acids is 2. The van der Waals surface area contributed by atoms with Gasteiger partial charge in [0.15, 0.2) is 0 Å². The molecule has 0 unspecified atom stereocenters. The van der Waals surface area contributed by atoms with Gasteiger partial charge in [0, 0.05) is 20.0 Å². The first-order valence-electron chi connectivity index (χ1n) is 5.47. The fourth-order valence-corrected chi connectivity index (χ4v) is 2.33. The van der Waals surface area contributed by atoms with Crippen molar-refractivity contribution in [2.24, 2.45) is 0 Å². The van der Waals surface area contributed by atoms with Crippen LogP contribution in [0.2, 0.25) is 0 Å². The summed E-state index contributed by atoms with van der Waals surface area (Å²) in [4.78, 5) is 24.7. The predicted molar refractivity (Wildman–Crippen MR) is 68.7 cm³/mol. The lowest BCUT2D eigenvalue weighted by molar-refractivity contribution is -0.114. The topological polar surface area (TPSA) is 89.9 Å². The van der Waals surface area contributed by atoms with Gasteiger partial charge in [-0.05, 0) is 12.1 Å². The van der Waals surface area contributed by atoms with E-state index in [2.05, 4.69) is 5.32 Å². The predicted octanol–water partition coefficient (Wildman–Crippen LogP) is 0.133. The minimum absolute atomic E-state index is 0.157. The Labute approximate surface area is 109 Å². The smallest absolute Gasteiger partial charge is 0.264 e. The van der Waals surface area contributed by atoms with Crippen molar-refractivity contribution < 1.29 is 19.8 Å². The van der Waals surface area contributed by atoms with Crippen molar-refractivity contribution >= 4 is 28.2 Å². The van der Waals surface area contributed by atoms with Crippen LogP contribution in [0.1, 0.15) is 16.6 Å². The molecule has 1 heterocycles. The summed E-state index contributed by atoms with van der Waals surface area (Å²) in [7, 11) is 0. The second-order valence-corrected chi connectivity index (χ2v) is 4.67. The second kappa shape index (κ2) is 7.10. The quantitative estimate of drug-likeness (QED) is 0.687. The lowest BCUT2D eigenvalue weighted by Gasteiger charge is -2.19. The number of anilines is 1. The van der Waals surface area contributed by atoms with Gasteiger partial charge in [-0.2, -0.15) is 0 Å². The number of hydrogen-bond donors (Lipinski definition) is 3. The van der Waals surface area contributed by atoms with Gasteiger partial charge in [-0.1, -0.05) is 0 Å². The molecule has 6 nitrogen and oxygen atoms in total. The van der Waals surface area contributed by atoms with Crippen molar-refractivity contribution in [3.05, 3.63) is 17.0 Å². The lowest BCUT2D eigenvalue weighted by atomic mass is 10.3. The van der Waals surface area contributed by atoms with Crippen LogP contribution < -0.4 is 5.32 Å². The summed E-state index contributed by atoms with van der Waals surface area (Å²) in [6.07, 6.45) is 0. The number of thiophene rings is 1. The standard InChI is InChI=1S/C11H16N2O4S/c1-8(16)12-10-3-2-9(18-10)11(17)13(4-6-14)5-7-15/h2-3,14-15H,4-7H2,1H3,(H,12,16). The van der Waals surface area contributed by atoms with Gasteiger partial charge in [0.05, 0.1) is 23.1 Å². The SMILES string of the molecule is CC(=O)Nc1ccc(C(=O)N(CCO)CCO)s1.